The first-order valence-electron chi connectivity index (χ1n) is 5.37. The van der Waals surface area contributed by atoms with Crippen molar-refractivity contribution in [2.24, 2.45) is 0 Å². The maximum absolute atomic E-state index is 11.7. The summed E-state index contributed by atoms with van der Waals surface area (Å²) in [6.45, 7) is 0.414. The molecule has 2 rings (SSSR count). The van der Waals surface area contributed by atoms with E-state index in [0.29, 0.717) is 11.6 Å². The zero-order valence-corrected chi connectivity index (χ0v) is 10.2. The molecule has 0 aliphatic carbocycles. The maximum atomic E-state index is 11.7. The Balaban J connectivity index is 2.25. The minimum absolute atomic E-state index is 0.187. The van der Waals surface area contributed by atoms with Crippen LogP contribution in [0.2, 0.25) is 5.02 Å². The molecule has 0 fully saturated rings. The third-order valence-electron chi connectivity index (χ3n) is 2.58. The lowest BCUT2D eigenvalue weighted by Crippen LogP contribution is -2.35. The summed E-state index contributed by atoms with van der Waals surface area (Å²) in [5, 5.41) is 18.5. The molecule has 18 heavy (non-hydrogen) atoms. The number of aromatic nitrogens is 1. The van der Waals surface area contributed by atoms with Crippen LogP contribution < -0.4 is 11.0 Å². The number of hydrogen-bond acceptors (Lipinski definition) is 3. The van der Waals surface area contributed by atoms with Gasteiger partial charge in [-0.25, -0.2) is 0 Å². The Kier molecular flexibility index (Phi) is 3.86. The summed E-state index contributed by atoms with van der Waals surface area (Å²) < 4.78 is 1.48. The number of nitrogens with zero attached hydrogens (tertiary/aromatic N) is 1. The van der Waals surface area contributed by atoms with Gasteiger partial charge in [0.2, 0.25) is 5.56 Å². The third-order valence-corrected chi connectivity index (χ3v) is 2.84. The van der Waals surface area contributed by atoms with E-state index in [0.717, 1.165) is 5.56 Å². The van der Waals surface area contributed by atoms with Crippen LogP contribution in [0, 0.1) is 0 Å². The van der Waals surface area contributed by atoms with Gasteiger partial charge in [0.15, 0.2) is 0 Å². The summed E-state index contributed by atoms with van der Waals surface area (Å²) in [6.07, 6.45) is 1.53. The summed E-state index contributed by atoms with van der Waals surface area (Å²) in [7, 11) is -1.62. The van der Waals surface area contributed by atoms with Crippen LogP contribution in [-0.4, -0.2) is 21.7 Å². The molecule has 0 bridgehead atoms. The van der Waals surface area contributed by atoms with Crippen molar-refractivity contribution in [2.75, 3.05) is 0 Å². The number of rotatable bonds is 3. The van der Waals surface area contributed by atoms with Crippen molar-refractivity contribution in [3.05, 3.63) is 63.5 Å². The Bertz CT molecular complexity index is 595. The molecular formula is C12H11BClNO3. The summed E-state index contributed by atoms with van der Waals surface area (Å²) >= 11 is 5.78. The minimum Gasteiger partial charge on any atom is -0.423 e. The highest BCUT2D eigenvalue weighted by Crippen LogP contribution is 2.09. The van der Waals surface area contributed by atoms with Crippen molar-refractivity contribution >= 4 is 24.2 Å². The van der Waals surface area contributed by atoms with Gasteiger partial charge >= 0.3 is 7.12 Å². The molecule has 0 atom stereocenters. The summed E-state index contributed by atoms with van der Waals surface area (Å²) in [5.41, 5.74) is 0.849. The Morgan fingerprint density at radius 3 is 2.39 bits per heavy atom. The van der Waals surface area contributed by atoms with Crippen molar-refractivity contribution in [2.45, 2.75) is 6.54 Å². The molecule has 1 aromatic heterocycles. The van der Waals surface area contributed by atoms with E-state index >= 15 is 0 Å². The van der Waals surface area contributed by atoms with Gasteiger partial charge in [0, 0.05) is 17.3 Å². The van der Waals surface area contributed by atoms with E-state index in [9.17, 15) is 4.79 Å². The first-order chi connectivity index (χ1) is 8.56. The fraction of sp³-hybridized carbons (Fsp3) is 0.0833. The Morgan fingerprint density at radius 2 is 1.83 bits per heavy atom. The zero-order chi connectivity index (χ0) is 13.1. The Labute approximate surface area is 109 Å². The molecule has 0 saturated carbocycles. The van der Waals surface area contributed by atoms with Gasteiger partial charge in [0.05, 0.1) is 6.54 Å². The van der Waals surface area contributed by atoms with Crippen molar-refractivity contribution in [3.63, 3.8) is 0 Å². The summed E-state index contributed by atoms with van der Waals surface area (Å²) in [5.74, 6) is 0. The second kappa shape index (κ2) is 5.39. The molecule has 6 heteroatoms. The topological polar surface area (TPSA) is 62.5 Å². The highest BCUT2D eigenvalue weighted by Gasteiger charge is 2.11. The normalized spacial score (nSPS) is 10.4. The van der Waals surface area contributed by atoms with Gasteiger partial charge in [0.1, 0.15) is 0 Å². The first-order valence-corrected chi connectivity index (χ1v) is 5.75. The van der Waals surface area contributed by atoms with Crippen LogP contribution in [0.15, 0.2) is 47.4 Å². The fourth-order valence-electron chi connectivity index (χ4n) is 1.60. The monoisotopic (exact) mass is 263 g/mol. The summed E-state index contributed by atoms with van der Waals surface area (Å²) in [6, 6.07) is 9.90. The molecule has 1 heterocycles. The number of hydrogen-bond donors (Lipinski definition) is 2. The van der Waals surface area contributed by atoms with Crippen LogP contribution in [0.4, 0.5) is 0 Å². The second-order valence-corrected chi connectivity index (χ2v) is 4.36. The minimum atomic E-state index is -1.62. The Morgan fingerprint density at radius 1 is 1.17 bits per heavy atom. The average Bonchev–Trinajstić information content (AvgIpc) is 2.34. The zero-order valence-electron chi connectivity index (χ0n) is 9.45. The van der Waals surface area contributed by atoms with E-state index in [1.54, 1.807) is 12.1 Å². The van der Waals surface area contributed by atoms with E-state index in [4.69, 9.17) is 21.6 Å². The van der Waals surface area contributed by atoms with Crippen LogP contribution in [0.5, 0.6) is 0 Å². The van der Waals surface area contributed by atoms with Gasteiger partial charge in [-0.1, -0.05) is 23.7 Å². The molecular weight excluding hydrogens is 252 g/mol. The molecule has 0 radical (unpaired) electrons. The maximum Gasteiger partial charge on any atom is 0.488 e. The molecule has 0 spiro atoms. The van der Waals surface area contributed by atoms with E-state index in [1.165, 1.54) is 22.9 Å². The van der Waals surface area contributed by atoms with Crippen molar-refractivity contribution < 1.29 is 10.0 Å². The number of pyridine rings is 1. The molecule has 1 aromatic carbocycles. The van der Waals surface area contributed by atoms with E-state index in [-0.39, 0.29) is 11.0 Å². The average molecular weight is 263 g/mol. The number of benzene rings is 1. The van der Waals surface area contributed by atoms with E-state index in [1.807, 2.05) is 12.1 Å². The van der Waals surface area contributed by atoms with Gasteiger partial charge in [-0.2, -0.15) is 0 Å². The molecule has 0 aliphatic heterocycles. The predicted molar refractivity (Wildman–Crippen MR) is 71.1 cm³/mol. The molecule has 0 unspecified atom stereocenters. The molecule has 0 saturated heterocycles. The lowest BCUT2D eigenvalue weighted by Gasteiger charge is -2.07. The quantitative estimate of drug-likeness (QED) is 0.779. The van der Waals surface area contributed by atoms with E-state index in [2.05, 4.69) is 0 Å². The largest absolute Gasteiger partial charge is 0.488 e. The van der Waals surface area contributed by atoms with E-state index < -0.39 is 7.12 Å². The van der Waals surface area contributed by atoms with Crippen LogP contribution in [0.3, 0.4) is 0 Å². The molecule has 0 amide bonds. The SMILES string of the molecule is O=c1cc(B(O)O)ccn1Cc1ccc(Cl)cc1. The predicted octanol–water partition coefficient (Wildman–Crippen LogP) is 0.230. The lowest BCUT2D eigenvalue weighted by molar-refractivity contribution is 0.425. The first kappa shape index (κ1) is 12.9. The summed E-state index contributed by atoms with van der Waals surface area (Å²) in [4.78, 5) is 11.7. The van der Waals surface area contributed by atoms with Crippen LogP contribution >= 0.6 is 11.6 Å². The van der Waals surface area contributed by atoms with Gasteiger partial charge < -0.3 is 14.6 Å². The molecule has 0 aliphatic rings. The molecule has 4 nitrogen and oxygen atoms in total. The van der Waals surface area contributed by atoms with Crippen LogP contribution in [0.25, 0.3) is 0 Å². The van der Waals surface area contributed by atoms with Crippen molar-refractivity contribution in [3.8, 4) is 0 Å². The Hall–Kier alpha value is -1.56. The third kappa shape index (κ3) is 3.01. The fourth-order valence-corrected chi connectivity index (χ4v) is 1.73. The highest BCUT2D eigenvalue weighted by molar-refractivity contribution is 6.58. The van der Waals surface area contributed by atoms with Crippen LogP contribution in [-0.2, 0) is 6.54 Å². The standard InChI is InChI=1S/C12H11BClNO3/c14-11-3-1-9(2-4-11)8-15-6-5-10(13(17)18)7-12(15)16/h1-7,17-18H,8H2. The van der Waals surface area contributed by atoms with Gasteiger partial charge in [-0.15, -0.1) is 0 Å². The molecule has 92 valence electrons. The van der Waals surface area contributed by atoms with Crippen LogP contribution in [0.1, 0.15) is 5.56 Å². The smallest absolute Gasteiger partial charge is 0.423 e. The molecule has 2 N–H and O–H groups in total. The van der Waals surface area contributed by atoms with Crippen molar-refractivity contribution in [1.82, 2.24) is 4.57 Å². The van der Waals surface area contributed by atoms with Gasteiger partial charge in [-0.3, -0.25) is 4.79 Å². The molecule has 2 aromatic rings. The highest BCUT2D eigenvalue weighted by atomic mass is 35.5. The second-order valence-electron chi connectivity index (χ2n) is 3.93. The van der Waals surface area contributed by atoms with Gasteiger partial charge in [0.25, 0.3) is 0 Å². The number of halogens is 1. The van der Waals surface area contributed by atoms with Gasteiger partial charge in [-0.05, 0) is 29.2 Å². The lowest BCUT2D eigenvalue weighted by atomic mass is 9.81. The van der Waals surface area contributed by atoms with Crippen molar-refractivity contribution in [1.29, 1.82) is 0 Å².